The lowest BCUT2D eigenvalue weighted by atomic mass is 9.88. The van der Waals surface area contributed by atoms with Crippen LogP contribution in [0.4, 0.5) is 0 Å². The minimum atomic E-state index is 1.01. The first-order chi connectivity index (χ1) is 14.4. The molecule has 0 unspecified atom stereocenters. The molecule has 1 heterocycles. The van der Waals surface area contributed by atoms with Gasteiger partial charge in [-0.15, -0.1) is 0 Å². The van der Waals surface area contributed by atoms with E-state index in [9.17, 15) is 0 Å². The Morgan fingerprint density at radius 2 is 1.40 bits per heavy atom. The molecule has 0 atom stereocenters. The average molecular weight is 392 g/mol. The number of hydrogen-bond donors (Lipinski definition) is 0. The Balaban J connectivity index is 2.11. The first kappa shape index (κ1) is 18.7. The van der Waals surface area contributed by atoms with Gasteiger partial charge in [-0.25, -0.2) is 4.98 Å². The largest absolute Gasteiger partial charge is 0.239 e. The second kappa shape index (κ2) is 6.63. The van der Waals surface area contributed by atoms with Crippen molar-refractivity contribution in [3.63, 3.8) is 0 Å². The molecule has 2 nitrogen and oxygen atoms in total. The van der Waals surface area contributed by atoms with Crippen LogP contribution in [0.1, 0.15) is 27.8 Å². The van der Waals surface area contributed by atoms with Crippen molar-refractivity contribution in [1.82, 2.24) is 4.98 Å². The molecule has 30 heavy (non-hydrogen) atoms. The van der Waals surface area contributed by atoms with Crippen LogP contribution in [0.3, 0.4) is 0 Å². The minimum absolute atomic E-state index is 1.01. The van der Waals surface area contributed by atoms with E-state index in [1.54, 1.807) is 0 Å². The maximum Gasteiger partial charge on any atom is 0.239 e. The fraction of sp³-hybridized carbons (Fsp3) is 0.214. The van der Waals surface area contributed by atoms with Gasteiger partial charge < -0.3 is 0 Å². The lowest BCUT2D eigenvalue weighted by molar-refractivity contribution is -0.643. The van der Waals surface area contributed by atoms with Crippen LogP contribution in [0.5, 0.6) is 0 Å². The highest BCUT2D eigenvalue weighted by atomic mass is 15.0. The molecule has 2 heteroatoms. The van der Waals surface area contributed by atoms with Crippen molar-refractivity contribution < 1.29 is 4.57 Å². The topological polar surface area (TPSA) is 16.8 Å². The predicted molar refractivity (Wildman–Crippen MR) is 127 cm³/mol. The fourth-order valence-electron chi connectivity index (χ4n) is 4.89. The summed E-state index contributed by atoms with van der Waals surface area (Å²) in [6.45, 7) is 11.2. The van der Waals surface area contributed by atoms with Gasteiger partial charge in [-0.1, -0.05) is 48.5 Å². The van der Waals surface area contributed by atoms with Crippen molar-refractivity contribution in [2.24, 2.45) is 7.05 Å². The van der Waals surface area contributed by atoms with Gasteiger partial charge in [-0.2, -0.15) is 4.57 Å². The highest BCUT2D eigenvalue weighted by Crippen LogP contribution is 2.40. The fourth-order valence-corrected chi connectivity index (χ4v) is 4.89. The summed E-state index contributed by atoms with van der Waals surface area (Å²) in [7, 11) is 2.15. The number of fused-ring (bicyclic) bond motifs is 6. The number of aryl methyl sites for hydroxylation is 6. The standard InChI is InChI=1S/C28H27N2/c1-16-12-13-22-25(19(16)4)26-20(5)17(2)14-18(3)24(26)28-27(22)29-23(15-30(28)6)21-10-8-7-9-11-21/h7-15H,1-6H3/q+1. The minimum Gasteiger partial charge on any atom is -0.234 e. The summed E-state index contributed by atoms with van der Waals surface area (Å²) < 4.78 is 2.27. The third kappa shape index (κ3) is 2.56. The lowest BCUT2D eigenvalue weighted by Crippen LogP contribution is -2.30. The van der Waals surface area contributed by atoms with Gasteiger partial charge in [0.25, 0.3) is 0 Å². The van der Waals surface area contributed by atoms with E-state index in [2.05, 4.69) is 94.9 Å². The lowest BCUT2D eigenvalue weighted by Gasteiger charge is -2.17. The molecule has 4 aromatic carbocycles. The van der Waals surface area contributed by atoms with Crippen LogP contribution < -0.4 is 4.57 Å². The maximum absolute atomic E-state index is 5.23. The molecule has 5 aromatic rings. The molecule has 148 valence electrons. The van der Waals surface area contributed by atoms with Gasteiger partial charge in [0.1, 0.15) is 18.3 Å². The predicted octanol–water partition coefficient (Wildman–Crippen LogP) is 6.57. The normalized spacial score (nSPS) is 11.7. The van der Waals surface area contributed by atoms with E-state index in [1.807, 2.05) is 6.07 Å². The Hall–Kier alpha value is -3.26. The number of hydrogen-bond acceptors (Lipinski definition) is 1. The summed E-state index contributed by atoms with van der Waals surface area (Å²) in [6, 6.07) is 17.3. The van der Waals surface area contributed by atoms with E-state index in [0.717, 1.165) is 16.8 Å². The van der Waals surface area contributed by atoms with Crippen molar-refractivity contribution in [2.45, 2.75) is 34.6 Å². The summed E-state index contributed by atoms with van der Waals surface area (Å²) in [4.78, 5) is 5.23. The van der Waals surface area contributed by atoms with Gasteiger partial charge in [0.05, 0.1) is 5.39 Å². The summed E-state index contributed by atoms with van der Waals surface area (Å²) >= 11 is 0. The van der Waals surface area contributed by atoms with Crippen LogP contribution in [-0.4, -0.2) is 4.98 Å². The summed E-state index contributed by atoms with van der Waals surface area (Å²) in [6.07, 6.45) is 2.17. The Morgan fingerprint density at radius 1 is 0.700 bits per heavy atom. The Labute approximate surface area is 177 Å². The van der Waals surface area contributed by atoms with Gasteiger partial charge in [-0.3, -0.25) is 0 Å². The van der Waals surface area contributed by atoms with E-state index < -0.39 is 0 Å². The Kier molecular flexibility index (Phi) is 4.14. The molecule has 0 aliphatic carbocycles. The molecule has 0 N–H and O–H groups in total. The third-order valence-corrected chi connectivity index (χ3v) is 6.72. The molecule has 0 saturated carbocycles. The molecule has 0 bridgehead atoms. The molecule has 1 aromatic heterocycles. The van der Waals surface area contributed by atoms with E-state index >= 15 is 0 Å². The Bertz CT molecular complexity index is 1470. The molecule has 0 aliphatic rings. The second-order valence-electron chi connectivity index (χ2n) is 8.62. The number of aromatic nitrogens is 2. The van der Waals surface area contributed by atoms with Crippen LogP contribution in [0.25, 0.3) is 43.8 Å². The van der Waals surface area contributed by atoms with Gasteiger partial charge in [0, 0.05) is 16.3 Å². The van der Waals surface area contributed by atoms with Crippen LogP contribution in [0, 0.1) is 34.6 Å². The first-order valence-corrected chi connectivity index (χ1v) is 10.6. The zero-order chi connectivity index (χ0) is 21.2. The zero-order valence-electron chi connectivity index (χ0n) is 18.6. The first-order valence-electron chi connectivity index (χ1n) is 10.6. The molecular formula is C28H27N2+. The monoisotopic (exact) mass is 391 g/mol. The summed E-state index contributed by atoms with van der Waals surface area (Å²) in [5.74, 6) is 0. The molecular weight excluding hydrogens is 364 g/mol. The SMILES string of the molecule is Cc1ccc2c3nc(-c4ccccc4)c[n+](C)c3c3c(C)cc(C)c(C)c3c2c1C. The average Bonchev–Trinajstić information content (AvgIpc) is 2.74. The van der Waals surface area contributed by atoms with E-state index in [-0.39, 0.29) is 0 Å². The number of nitrogens with zero attached hydrogens (tertiary/aromatic N) is 2. The van der Waals surface area contributed by atoms with Crippen molar-refractivity contribution in [3.8, 4) is 11.3 Å². The van der Waals surface area contributed by atoms with Crippen LogP contribution in [0.15, 0.2) is 54.7 Å². The number of benzene rings is 4. The van der Waals surface area contributed by atoms with Crippen molar-refractivity contribution in [1.29, 1.82) is 0 Å². The molecule has 5 rings (SSSR count). The highest BCUT2D eigenvalue weighted by molar-refractivity contribution is 6.25. The van der Waals surface area contributed by atoms with Crippen LogP contribution in [-0.2, 0) is 7.05 Å². The van der Waals surface area contributed by atoms with Gasteiger partial charge in [0.15, 0.2) is 6.20 Å². The van der Waals surface area contributed by atoms with Crippen molar-refractivity contribution in [3.05, 3.63) is 82.5 Å². The molecule has 0 aliphatic heterocycles. The highest BCUT2D eigenvalue weighted by Gasteiger charge is 2.23. The zero-order valence-corrected chi connectivity index (χ0v) is 18.6. The van der Waals surface area contributed by atoms with E-state index in [0.29, 0.717) is 0 Å². The van der Waals surface area contributed by atoms with E-state index in [1.165, 1.54) is 54.9 Å². The molecule has 0 spiro atoms. The van der Waals surface area contributed by atoms with Gasteiger partial charge in [-0.05, 0) is 67.8 Å². The summed E-state index contributed by atoms with van der Waals surface area (Å²) in [5.41, 5.74) is 11.1. The quantitative estimate of drug-likeness (QED) is 0.233. The smallest absolute Gasteiger partial charge is 0.234 e. The molecule has 0 saturated heterocycles. The maximum atomic E-state index is 5.23. The van der Waals surface area contributed by atoms with Gasteiger partial charge >= 0.3 is 0 Å². The summed E-state index contributed by atoms with van der Waals surface area (Å²) in [5, 5.41) is 5.28. The molecule has 0 amide bonds. The third-order valence-electron chi connectivity index (χ3n) is 6.72. The van der Waals surface area contributed by atoms with Crippen molar-refractivity contribution >= 4 is 32.6 Å². The van der Waals surface area contributed by atoms with E-state index in [4.69, 9.17) is 4.98 Å². The van der Waals surface area contributed by atoms with Crippen LogP contribution in [0.2, 0.25) is 0 Å². The molecule has 0 fully saturated rings. The van der Waals surface area contributed by atoms with Gasteiger partial charge in [0.2, 0.25) is 5.52 Å². The number of rotatable bonds is 1. The Morgan fingerprint density at radius 3 is 2.13 bits per heavy atom. The van der Waals surface area contributed by atoms with Crippen LogP contribution >= 0.6 is 0 Å². The van der Waals surface area contributed by atoms with Crippen molar-refractivity contribution in [2.75, 3.05) is 0 Å². The molecule has 0 radical (unpaired) electrons. The second-order valence-corrected chi connectivity index (χ2v) is 8.62.